The number of hydrogen-bond donors (Lipinski definition) is 0. The van der Waals surface area contributed by atoms with Crippen LogP contribution in [0.15, 0.2) is 0 Å². The summed E-state index contributed by atoms with van der Waals surface area (Å²) in [7, 11) is 0. The van der Waals surface area contributed by atoms with E-state index in [1.807, 2.05) is 0 Å². The lowest BCUT2D eigenvalue weighted by Gasteiger charge is -2.30. The lowest BCUT2D eigenvalue weighted by molar-refractivity contribution is 0.316. The van der Waals surface area contributed by atoms with Crippen molar-refractivity contribution in [3.05, 3.63) is 0 Å². The van der Waals surface area contributed by atoms with Crippen molar-refractivity contribution in [1.82, 2.24) is 4.81 Å². The summed E-state index contributed by atoms with van der Waals surface area (Å²) in [5.41, 5.74) is 0. The van der Waals surface area contributed by atoms with Gasteiger partial charge in [0.2, 0.25) is 0 Å². The van der Waals surface area contributed by atoms with Gasteiger partial charge < -0.3 is 4.81 Å². The molecule has 0 aromatic carbocycles. The molecular weight excluding hydrogens is 257 g/mol. The second kappa shape index (κ2) is 4.78. The third-order valence-electron chi connectivity index (χ3n) is 1.42. The summed E-state index contributed by atoms with van der Waals surface area (Å²) in [6.45, 7) is 8.76. The predicted octanol–water partition coefficient (Wildman–Crippen LogP) is 2.88. The van der Waals surface area contributed by atoms with E-state index in [1.165, 1.54) is 0 Å². The highest BCUT2D eigenvalue weighted by molar-refractivity contribution is 9.48. The first-order valence-corrected chi connectivity index (χ1v) is 5.35. The molecule has 0 aromatic rings. The van der Waals surface area contributed by atoms with Crippen molar-refractivity contribution >= 4 is 36.0 Å². The molecule has 4 heteroatoms. The summed E-state index contributed by atoms with van der Waals surface area (Å²) >= 11 is 6.97. The van der Waals surface area contributed by atoms with Crippen LogP contribution in [-0.4, -0.2) is 21.4 Å². The SMILES string of the molecule is CC(C)N(B(Br)Br)C(C)C. The first-order valence-electron chi connectivity index (χ1n) is 3.52. The normalized spacial score (nSPS) is 11.7. The molecule has 0 amide bonds. The number of halogens is 2. The van der Waals surface area contributed by atoms with Gasteiger partial charge in [-0.1, -0.05) is 27.7 Å². The summed E-state index contributed by atoms with van der Waals surface area (Å²) in [6.07, 6.45) is 0. The molecule has 10 heavy (non-hydrogen) atoms. The molecule has 0 fully saturated rings. The summed E-state index contributed by atoms with van der Waals surface area (Å²) in [5, 5.41) is 0. The van der Waals surface area contributed by atoms with Crippen LogP contribution in [0.3, 0.4) is 0 Å². The quantitative estimate of drug-likeness (QED) is 0.713. The molecule has 0 N–H and O–H groups in total. The minimum Gasteiger partial charge on any atom is -0.318 e. The van der Waals surface area contributed by atoms with E-state index in [0.717, 1.165) is 0 Å². The van der Waals surface area contributed by atoms with Crippen LogP contribution in [0.25, 0.3) is 0 Å². The van der Waals surface area contributed by atoms with Crippen LogP contribution in [-0.2, 0) is 0 Å². The lowest BCUT2D eigenvalue weighted by Crippen LogP contribution is -2.42. The molecule has 1 nitrogen and oxygen atoms in total. The molecule has 0 aliphatic rings. The van der Waals surface area contributed by atoms with Crippen molar-refractivity contribution in [2.75, 3.05) is 0 Å². The van der Waals surface area contributed by atoms with Gasteiger partial charge in [0.1, 0.15) is 0 Å². The molecule has 0 aromatic heterocycles. The van der Waals surface area contributed by atoms with Gasteiger partial charge in [0, 0.05) is 0 Å². The van der Waals surface area contributed by atoms with Gasteiger partial charge in [-0.3, -0.25) is 0 Å². The van der Waals surface area contributed by atoms with Gasteiger partial charge in [0.05, 0.1) is 0 Å². The molecule has 0 saturated heterocycles. The van der Waals surface area contributed by atoms with Gasteiger partial charge in [0.25, 0.3) is 0 Å². The van der Waals surface area contributed by atoms with Crippen LogP contribution in [0.4, 0.5) is 0 Å². The average Bonchev–Trinajstić information content (AvgIpc) is 1.59. The van der Waals surface area contributed by atoms with Gasteiger partial charge in [0.15, 0.2) is 0 Å². The van der Waals surface area contributed by atoms with Crippen LogP contribution in [0.5, 0.6) is 0 Å². The predicted molar refractivity (Wildman–Crippen MR) is 55.7 cm³/mol. The van der Waals surface area contributed by atoms with Crippen LogP contribution < -0.4 is 0 Å². The van der Waals surface area contributed by atoms with Crippen molar-refractivity contribution in [3.8, 4) is 0 Å². The first kappa shape index (κ1) is 11.0. The topological polar surface area (TPSA) is 3.24 Å². The van der Waals surface area contributed by atoms with Crippen molar-refractivity contribution in [2.24, 2.45) is 0 Å². The molecule has 0 bridgehead atoms. The lowest BCUT2D eigenvalue weighted by atomic mass is 10.1. The van der Waals surface area contributed by atoms with Gasteiger partial charge >= 0.3 is 4.50 Å². The fraction of sp³-hybridized carbons (Fsp3) is 1.00. The van der Waals surface area contributed by atoms with Gasteiger partial charge in [-0.25, -0.2) is 0 Å². The fourth-order valence-electron chi connectivity index (χ4n) is 1.05. The largest absolute Gasteiger partial charge is 0.379 e. The van der Waals surface area contributed by atoms with E-state index in [2.05, 4.69) is 64.0 Å². The number of hydrogen-bond acceptors (Lipinski definition) is 1. The maximum absolute atomic E-state index is 3.48. The highest BCUT2D eigenvalue weighted by Crippen LogP contribution is 2.16. The Balaban J connectivity index is 3.98. The second-order valence-corrected chi connectivity index (χ2v) is 5.88. The zero-order valence-corrected chi connectivity index (χ0v) is 10.1. The van der Waals surface area contributed by atoms with E-state index in [4.69, 9.17) is 0 Å². The van der Waals surface area contributed by atoms with Crippen LogP contribution >= 0.6 is 31.5 Å². The summed E-state index contributed by atoms with van der Waals surface area (Å²) in [4.78, 5) is 2.33. The number of nitrogens with zero attached hydrogens (tertiary/aromatic N) is 1. The van der Waals surface area contributed by atoms with Gasteiger partial charge in [-0.15, -0.1) is 31.5 Å². The molecule has 0 radical (unpaired) electrons. The Bertz CT molecular complexity index is 76.7. The Morgan fingerprint density at radius 2 is 1.30 bits per heavy atom. The van der Waals surface area contributed by atoms with Crippen LogP contribution in [0, 0.1) is 0 Å². The van der Waals surface area contributed by atoms with Gasteiger partial charge in [-0.2, -0.15) is 0 Å². The third kappa shape index (κ3) is 3.40. The van der Waals surface area contributed by atoms with E-state index in [9.17, 15) is 0 Å². The summed E-state index contributed by atoms with van der Waals surface area (Å²) < 4.78 is 0.292. The third-order valence-corrected chi connectivity index (χ3v) is 2.36. The van der Waals surface area contributed by atoms with Crippen molar-refractivity contribution in [3.63, 3.8) is 0 Å². The Labute approximate surface area is 80.6 Å². The Hall–Kier alpha value is 0.985. The molecule has 0 saturated carbocycles. The Morgan fingerprint density at radius 3 is 1.30 bits per heavy atom. The Kier molecular flexibility index (Phi) is 5.25. The highest BCUT2D eigenvalue weighted by Gasteiger charge is 2.22. The summed E-state index contributed by atoms with van der Waals surface area (Å²) in [6, 6.07) is 1.15. The highest BCUT2D eigenvalue weighted by atomic mass is 79.9. The van der Waals surface area contributed by atoms with E-state index >= 15 is 0 Å². The van der Waals surface area contributed by atoms with E-state index in [-0.39, 0.29) is 0 Å². The summed E-state index contributed by atoms with van der Waals surface area (Å²) in [5.74, 6) is 0. The van der Waals surface area contributed by atoms with Crippen molar-refractivity contribution in [1.29, 1.82) is 0 Å². The maximum Gasteiger partial charge on any atom is 0.379 e. The van der Waals surface area contributed by atoms with Crippen molar-refractivity contribution < 1.29 is 0 Å². The number of rotatable bonds is 3. The zero-order chi connectivity index (χ0) is 8.31. The molecule has 0 unspecified atom stereocenters. The van der Waals surface area contributed by atoms with Crippen molar-refractivity contribution in [2.45, 2.75) is 39.8 Å². The molecule has 0 aliphatic carbocycles. The second-order valence-electron chi connectivity index (χ2n) is 2.91. The van der Waals surface area contributed by atoms with Gasteiger partial charge in [-0.05, 0) is 12.1 Å². The fourth-order valence-corrected chi connectivity index (χ4v) is 2.94. The minimum atomic E-state index is 0.292. The van der Waals surface area contributed by atoms with E-state index in [1.54, 1.807) is 0 Å². The molecule has 0 aliphatic heterocycles. The average molecular weight is 271 g/mol. The standard InChI is InChI=1S/C6H14BBr2N/c1-5(2)10(6(3)4)7(8)9/h5-6H,1-4H3. The zero-order valence-electron chi connectivity index (χ0n) is 6.94. The molecule has 60 valence electrons. The van der Waals surface area contributed by atoms with E-state index in [0.29, 0.717) is 16.6 Å². The molecule has 0 rings (SSSR count). The Morgan fingerprint density at radius 1 is 1.00 bits per heavy atom. The molecular formula is C6H14BBr2N. The first-order chi connectivity index (χ1) is 4.46. The maximum atomic E-state index is 3.48. The minimum absolute atomic E-state index is 0.292. The monoisotopic (exact) mass is 269 g/mol. The molecule has 0 spiro atoms. The van der Waals surface area contributed by atoms with E-state index < -0.39 is 0 Å². The smallest absolute Gasteiger partial charge is 0.318 e. The van der Waals surface area contributed by atoms with Crippen LogP contribution in [0.1, 0.15) is 27.7 Å². The van der Waals surface area contributed by atoms with Crippen LogP contribution in [0.2, 0.25) is 0 Å². The molecule has 0 atom stereocenters. The molecule has 0 heterocycles.